The number of anilines is 1. The fraction of sp³-hybridized carbons (Fsp3) is 0.176. The molecule has 0 saturated heterocycles. The summed E-state index contributed by atoms with van der Waals surface area (Å²) in [6, 6.07) is 17.7. The van der Waals surface area contributed by atoms with Crippen LogP contribution in [-0.4, -0.2) is 0 Å². The zero-order valence-electron chi connectivity index (χ0n) is 11.2. The maximum atomic E-state index is 3.57. The Morgan fingerprint density at radius 1 is 1.05 bits per heavy atom. The van der Waals surface area contributed by atoms with E-state index >= 15 is 0 Å². The molecule has 0 aliphatic carbocycles. The molecule has 2 heteroatoms. The van der Waals surface area contributed by atoms with E-state index in [1.807, 2.05) is 0 Å². The highest BCUT2D eigenvalue weighted by Gasteiger charge is 2.06. The third-order valence-electron chi connectivity index (χ3n) is 3.38. The smallest absolute Gasteiger partial charge is 0.0485 e. The Balaban J connectivity index is 1.83. The minimum atomic E-state index is 0.316. The fourth-order valence-corrected chi connectivity index (χ4v) is 3.10. The predicted octanol–water partition coefficient (Wildman–Crippen LogP) is 5.38. The Bertz CT molecular complexity index is 699. The van der Waals surface area contributed by atoms with E-state index in [-0.39, 0.29) is 0 Å². The van der Waals surface area contributed by atoms with E-state index in [2.05, 4.69) is 73.1 Å². The molecule has 0 aliphatic heterocycles. The molecule has 2 aromatic carbocycles. The van der Waals surface area contributed by atoms with E-state index in [1.165, 1.54) is 26.9 Å². The predicted molar refractivity (Wildman–Crippen MR) is 85.0 cm³/mol. The molecule has 96 valence electrons. The first kappa shape index (κ1) is 12.2. The molecule has 0 fully saturated rings. The third kappa shape index (κ3) is 2.64. The van der Waals surface area contributed by atoms with Crippen LogP contribution < -0.4 is 5.32 Å². The molecule has 1 heterocycles. The monoisotopic (exact) mass is 267 g/mol. The second kappa shape index (κ2) is 5.06. The number of fused-ring (bicyclic) bond motifs is 1. The molecule has 3 aromatic rings. The normalized spacial score (nSPS) is 12.5. The molecule has 1 nitrogen and oxygen atoms in total. The van der Waals surface area contributed by atoms with Gasteiger partial charge in [0.1, 0.15) is 0 Å². The topological polar surface area (TPSA) is 12.0 Å². The van der Waals surface area contributed by atoms with Crippen LogP contribution in [-0.2, 0) is 0 Å². The molecule has 0 radical (unpaired) electrons. The van der Waals surface area contributed by atoms with Crippen molar-refractivity contribution in [1.29, 1.82) is 0 Å². The zero-order valence-corrected chi connectivity index (χ0v) is 12.0. The Labute approximate surface area is 117 Å². The van der Waals surface area contributed by atoms with Crippen molar-refractivity contribution in [3.63, 3.8) is 0 Å². The summed E-state index contributed by atoms with van der Waals surface area (Å²) in [4.78, 5) is 0. The van der Waals surface area contributed by atoms with Crippen LogP contribution in [0.4, 0.5) is 5.69 Å². The van der Waals surface area contributed by atoms with Gasteiger partial charge in [-0.2, -0.15) is 0 Å². The molecule has 0 bridgehead atoms. The highest BCUT2D eigenvalue weighted by Crippen LogP contribution is 2.26. The SMILES string of the molecule is Cc1cccc(C(C)Nc2ccc3sccc3c2)c1. The number of aryl methyl sites for hydroxylation is 1. The standard InChI is InChI=1S/C17H17NS/c1-12-4-3-5-14(10-12)13(2)18-16-6-7-17-15(11-16)8-9-19-17/h3-11,13,18H,1-2H3. The van der Waals surface area contributed by atoms with E-state index in [0.717, 1.165) is 0 Å². The van der Waals surface area contributed by atoms with Gasteiger partial charge >= 0.3 is 0 Å². The lowest BCUT2D eigenvalue weighted by atomic mass is 10.1. The van der Waals surface area contributed by atoms with Crippen LogP contribution in [0.25, 0.3) is 10.1 Å². The number of nitrogens with one attached hydrogen (secondary N) is 1. The molecule has 1 unspecified atom stereocenters. The van der Waals surface area contributed by atoms with E-state index in [9.17, 15) is 0 Å². The summed E-state index contributed by atoms with van der Waals surface area (Å²) in [6.07, 6.45) is 0. The Morgan fingerprint density at radius 3 is 2.79 bits per heavy atom. The average Bonchev–Trinajstić information content (AvgIpc) is 2.86. The molecular formula is C17H17NS. The zero-order chi connectivity index (χ0) is 13.2. The first-order chi connectivity index (χ1) is 9.22. The highest BCUT2D eigenvalue weighted by atomic mass is 32.1. The number of rotatable bonds is 3. The molecule has 0 spiro atoms. The van der Waals surface area contributed by atoms with Gasteiger partial charge in [0.25, 0.3) is 0 Å². The number of thiophene rings is 1. The van der Waals surface area contributed by atoms with Gasteiger partial charge in [-0.25, -0.2) is 0 Å². The largest absolute Gasteiger partial charge is 0.379 e. The van der Waals surface area contributed by atoms with Crippen LogP contribution in [0.1, 0.15) is 24.1 Å². The van der Waals surface area contributed by atoms with E-state index < -0.39 is 0 Å². The Kier molecular flexibility index (Phi) is 3.26. The van der Waals surface area contributed by atoms with Gasteiger partial charge in [-0.3, -0.25) is 0 Å². The van der Waals surface area contributed by atoms with Gasteiger partial charge in [0.2, 0.25) is 0 Å². The summed E-state index contributed by atoms with van der Waals surface area (Å²) in [5.41, 5.74) is 3.81. The summed E-state index contributed by atoms with van der Waals surface area (Å²) >= 11 is 1.79. The minimum absolute atomic E-state index is 0.316. The lowest BCUT2D eigenvalue weighted by molar-refractivity contribution is 0.883. The molecule has 1 N–H and O–H groups in total. The van der Waals surface area contributed by atoms with Crippen LogP contribution >= 0.6 is 11.3 Å². The molecule has 1 atom stereocenters. The summed E-state index contributed by atoms with van der Waals surface area (Å²) < 4.78 is 1.34. The second-order valence-electron chi connectivity index (χ2n) is 4.95. The molecule has 3 rings (SSSR count). The van der Waals surface area contributed by atoms with Crippen molar-refractivity contribution in [2.24, 2.45) is 0 Å². The van der Waals surface area contributed by atoms with Crippen molar-refractivity contribution in [3.8, 4) is 0 Å². The van der Waals surface area contributed by atoms with Gasteiger partial charge in [-0.1, -0.05) is 29.8 Å². The maximum absolute atomic E-state index is 3.57. The molecule has 1 aromatic heterocycles. The van der Waals surface area contributed by atoms with E-state index in [4.69, 9.17) is 0 Å². The van der Waals surface area contributed by atoms with E-state index in [1.54, 1.807) is 11.3 Å². The number of hydrogen-bond acceptors (Lipinski definition) is 2. The van der Waals surface area contributed by atoms with Crippen molar-refractivity contribution >= 4 is 27.1 Å². The quantitative estimate of drug-likeness (QED) is 0.671. The molecule has 0 saturated carbocycles. The summed E-state index contributed by atoms with van der Waals surface area (Å²) in [7, 11) is 0. The highest BCUT2D eigenvalue weighted by molar-refractivity contribution is 7.17. The fourth-order valence-electron chi connectivity index (χ4n) is 2.33. The lowest BCUT2D eigenvalue weighted by Gasteiger charge is -2.16. The molecule has 19 heavy (non-hydrogen) atoms. The van der Waals surface area contributed by atoms with Crippen molar-refractivity contribution < 1.29 is 0 Å². The van der Waals surface area contributed by atoms with Crippen LogP contribution in [0.5, 0.6) is 0 Å². The van der Waals surface area contributed by atoms with Crippen molar-refractivity contribution in [2.45, 2.75) is 19.9 Å². The van der Waals surface area contributed by atoms with Gasteiger partial charge in [-0.15, -0.1) is 11.3 Å². The Hall–Kier alpha value is -1.80. The molecule has 0 amide bonds. The summed E-state index contributed by atoms with van der Waals surface area (Å²) in [5, 5.41) is 7.02. The number of benzene rings is 2. The van der Waals surface area contributed by atoms with Crippen LogP contribution in [0.2, 0.25) is 0 Å². The first-order valence-corrected chi connectivity index (χ1v) is 7.41. The van der Waals surface area contributed by atoms with Gasteiger partial charge in [0.15, 0.2) is 0 Å². The van der Waals surface area contributed by atoms with Crippen molar-refractivity contribution in [3.05, 3.63) is 65.0 Å². The van der Waals surface area contributed by atoms with Crippen LogP contribution in [0.3, 0.4) is 0 Å². The number of hydrogen-bond donors (Lipinski definition) is 1. The van der Waals surface area contributed by atoms with Gasteiger partial charge < -0.3 is 5.32 Å². The Morgan fingerprint density at radius 2 is 1.95 bits per heavy atom. The molecule has 0 aliphatic rings. The maximum Gasteiger partial charge on any atom is 0.0485 e. The van der Waals surface area contributed by atoms with Gasteiger partial charge in [0.05, 0.1) is 0 Å². The lowest BCUT2D eigenvalue weighted by Crippen LogP contribution is -2.06. The van der Waals surface area contributed by atoms with Crippen molar-refractivity contribution in [2.75, 3.05) is 5.32 Å². The van der Waals surface area contributed by atoms with Crippen molar-refractivity contribution in [1.82, 2.24) is 0 Å². The molecular weight excluding hydrogens is 250 g/mol. The second-order valence-corrected chi connectivity index (χ2v) is 5.90. The van der Waals surface area contributed by atoms with Crippen LogP contribution in [0.15, 0.2) is 53.9 Å². The minimum Gasteiger partial charge on any atom is -0.379 e. The average molecular weight is 267 g/mol. The van der Waals surface area contributed by atoms with Gasteiger partial charge in [0, 0.05) is 16.4 Å². The summed E-state index contributed by atoms with van der Waals surface area (Å²) in [5.74, 6) is 0. The summed E-state index contributed by atoms with van der Waals surface area (Å²) in [6.45, 7) is 4.33. The van der Waals surface area contributed by atoms with Crippen LogP contribution in [0, 0.1) is 6.92 Å². The first-order valence-electron chi connectivity index (χ1n) is 6.53. The van der Waals surface area contributed by atoms with Gasteiger partial charge in [-0.05, 0) is 54.4 Å². The van der Waals surface area contributed by atoms with E-state index in [0.29, 0.717) is 6.04 Å². The third-order valence-corrected chi connectivity index (χ3v) is 4.28.